The Labute approximate surface area is 109 Å². The Morgan fingerprint density at radius 1 is 1.42 bits per heavy atom. The highest BCUT2D eigenvalue weighted by molar-refractivity contribution is 6.14. The lowest BCUT2D eigenvalue weighted by Gasteiger charge is -2.14. The van der Waals surface area contributed by atoms with Gasteiger partial charge in [0.2, 0.25) is 5.76 Å². The van der Waals surface area contributed by atoms with E-state index in [9.17, 15) is 9.59 Å². The number of nitrogens with zero attached hydrogens (tertiary/aromatic N) is 1. The molecule has 1 aliphatic heterocycles. The molecule has 0 unspecified atom stereocenters. The molecule has 1 aromatic carbocycles. The van der Waals surface area contributed by atoms with Gasteiger partial charge in [-0.3, -0.25) is 4.79 Å². The molecule has 0 radical (unpaired) electrons. The van der Waals surface area contributed by atoms with E-state index in [1.54, 1.807) is 19.1 Å². The second-order valence-corrected chi connectivity index (χ2v) is 3.61. The van der Waals surface area contributed by atoms with Crippen molar-refractivity contribution in [2.24, 2.45) is 5.16 Å². The lowest BCUT2D eigenvalue weighted by Crippen LogP contribution is -2.36. The summed E-state index contributed by atoms with van der Waals surface area (Å²) in [5.41, 5.74) is 0.714. The van der Waals surface area contributed by atoms with Crippen molar-refractivity contribution >= 4 is 17.7 Å². The van der Waals surface area contributed by atoms with Gasteiger partial charge in [-0.25, -0.2) is 4.79 Å². The second-order valence-electron chi connectivity index (χ2n) is 3.61. The van der Waals surface area contributed by atoms with Gasteiger partial charge < -0.3 is 14.9 Å². The minimum atomic E-state index is -0.647. The third kappa shape index (κ3) is 3.19. The van der Waals surface area contributed by atoms with Crippen LogP contribution >= 0.6 is 0 Å². The standard InChI is InChI=1S/C13H12N2O4/c1-2-18-11(16)8-10-13(17)14-12(15-19-10)9-6-4-3-5-7-9/h3-8H,2H2,1H3,(H,14,15,17)/b10-8-. The van der Waals surface area contributed by atoms with Gasteiger partial charge in [-0.1, -0.05) is 35.5 Å². The number of carbonyl (C=O) groups is 2. The average Bonchev–Trinajstić information content (AvgIpc) is 2.42. The summed E-state index contributed by atoms with van der Waals surface area (Å²) < 4.78 is 4.68. The van der Waals surface area contributed by atoms with Crippen LogP contribution in [0.2, 0.25) is 0 Å². The van der Waals surface area contributed by atoms with Crippen LogP contribution < -0.4 is 5.32 Å². The van der Waals surface area contributed by atoms with Crippen molar-refractivity contribution in [3.05, 3.63) is 47.7 Å². The van der Waals surface area contributed by atoms with E-state index in [2.05, 4.69) is 15.2 Å². The molecule has 1 aromatic rings. The molecule has 1 heterocycles. The SMILES string of the molecule is CCOC(=O)/C=C1\ON=C(c2ccccc2)NC1=O. The zero-order chi connectivity index (χ0) is 13.7. The molecule has 1 aliphatic rings. The van der Waals surface area contributed by atoms with Crippen molar-refractivity contribution in [3.63, 3.8) is 0 Å². The first-order chi connectivity index (χ1) is 9.20. The summed E-state index contributed by atoms with van der Waals surface area (Å²) in [7, 11) is 0. The van der Waals surface area contributed by atoms with Gasteiger partial charge in [0, 0.05) is 5.56 Å². The molecule has 2 rings (SSSR count). The fraction of sp³-hybridized carbons (Fsp3) is 0.154. The van der Waals surface area contributed by atoms with Crippen LogP contribution in [0.5, 0.6) is 0 Å². The van der Waals surface area contributed by atoms with Gasteiger partial charge in [0.1, 0.15) is 0 Å². The average molecular weight is 260 g/mol. The maximum atomic E-state index is 11.7. The van der Waals surface area contributed by atoms with Crippen molar-refractivity contribution in [1.82, 2.24) is 5.32 Å². The van der Waals surface area contributed by atoms with Gasteiger partial charge in [0.25, 0.3) is 5.91 Å². The minimum Gasteiger partial charge on any atom is -0.463 e. The number of benzene rings is 1. The van der Waals surface area contributed by atoms with Crippen LogP contribution in [0.3, 0.4) is 0 Å². The number of hydrogen-bond acceptors (Lipinski definition) is 5. The zero-order valence-electron chi connectivity index (χ0n) is 10.3. The molecule has 1 N–H and O–H groups in total. The molecule has 0 aliphatic carbocycles. The first-order valence-electron chi connectivity index (χ1n) is 5.71. The van der Waals surface area contributed by atoms with Crippen LogP contribution in [0.4, 0.5) is 0 Å². The summed E-state index contributed by atoms with van der Waals surface area (Å²) in [5, 5.41) is 6.29. The van der Waals surface area contributed by atoms with E-state index in [4.69, 9.17) is 4.84 Å². The van der Waals surface area contributed by atoms with Crippen LogP contribution in [0.15, 0.2) is 47.3 Å². The molecular formula is C13H12N2O4. The molecule has 6 nitrogen and oxygen atoms in total. The van der Waals surface area contributed by atoms with Gasteiger partial charge in [0.15, 0.2) is 5.84 Å². The van der Waals surface area contributed by atoms with Gasteiger partial charge in [-0.05, 0) is 6.92 Å². The third-order valence-corrected chi connectivity index (χ3v) is 2.27. The van der Waals surface area contributed by atoms with Gasteiger partial charge in [-0.15, -0.1) is 0 Å². The van der Waals surface area contributed by atoms with Crippen LogP contribution in [0.1, 0.15) is 12.5 Å². The quantitative estimate of drug-likeness (QED) is 0.648. The Hall–Kier alpha value is -2.63. The highest BCUT2D eigenvalue weighted by atomic mass is 16.6. The molecule has 0 atom stereocenters. The number of amides is 1. The number of esters is 1. The summed E-state index contributed by atoms with van der Waals surface area (Å²) in [6.45, 7) is 1.90. The number of ether oxygens (including phenoxy) is 1. The molecule has 0 saturated carbocycles. The summed E-state index contributed by atoms with van der Waals surface area (Å²) >= 11 is 0. The van der Waals surface area contributed by atoms with Crippen LogP contribution in [-0.4, -0.2) is 24.3 Å². The maximum absolute atomic E-state index is 11.7. The van der Waals surface area contributed by atoms with Crippen LogP contribution in [0, 0.1) is 0 Å². The fourth-order valence-electron chi connectivity index (χ4n) is 1.43. The number of hydrogen-bond donors (Lipinski definition) is 1. The highest BCUT2D eigenvalue weighted by Gasteiger charge is 2.22. The third-order valence-electron chi connectivity index (χ3n) is 2.27. The van der Waals surface area contributed by atoms with E-state index in [0.717, 1.165) is 6.08 Å². The van der Waals surface area contributed by atoms with E-state index in [1.165, 1.54) is 0 Å². The summed E-state index contributed by atoms with van der Waals surface area (Å²) in [6.07, 6.45) is 0.962. The number of amidine groups is 1. The predicted molar refractivity (Wildman–Crippen MR) is 66.9 cm³/mol. The number of oxime groups is 1. The Bertz CT molecular complexity index is 549. The Morgan fingerprint density at radius 3 is 2.79 bits per heavy atom. The van der Waals surface area contributed by atoms with E-state index < -0.39 is 11.9 Å². The van der Waals surface area contributed by atoms with Crippen LogP contribution in [0.25, 0.3) is 0 Å². The predicted octanol–water partition coefficient (Wildman–Crippen LogP) is 0.942. The summed E-state index contributed by atoms with van der Waals surface area (Å²) in [5.74, 6) is -1.09. The first kappa shape index (κ1) is 12.8. The second kappa shape index (κ2) is 5.81. The largest absolute Gasteiger partial charge is 0.463 e. The molecule has 0 bridgehead atoms. The van der Waals surface area contributed by atoms with Crippen molar-refractivity contribution in [1.29, 1.82) is 0 Å². The summed E-state index contributed by atoms with van der Waals surface area (Å²) in [6, 6.07) is 9.04. The van der Waals surface area contributed by atoms with E-state index in [0.29, 0.717) is 11.4 Å². The molecule has 6 heteroatoms. The Morgan fingerprint density at radius 2 is 2.16 bits per heavy atom. The normalized spacial score (nSPS) is 16.4. The minimum absolute atomic E-state index is 0.196. The smallest absolute Gasteiger partial charge is 0.334 e. The van der Waals surface area contributed by atoms with E-state index in [-0.39, 0.29) is 12.4 Å². The molecule has 98 valence electrons. The number of rotatable bonds is 3. The molecule has 0 saturated heterocycles. The molecule has 1 amide bonds. The molecule has 0 spiro atoms. The van der Waals surface area contributed by atoms with Crippen LogP contribution in [-0.2, 0) is 19.2 Å². The lowest BCUT2D eigenvalue weighted by molar-refractivity contribution is -0.138. The molecular weight excluding hydrogens is 248 g/mol. The van der Waals surface area contributed by atoms with Gasteiger partial charge in [0.05, 0.1) is 12.7 Å². The lowest BCUT2D eigenvalue weighted by atomic mass is 10.2. The van der Waals surface area contributed by atoms with Crippen molar-refractivity contribution in [2.75, 3.05) is 6.61 Å². The topological polar surface area (TPSA) is 77.0 Å². The highest BCUT2D eigenvalue weighted by Crippen LogP contribution is 2.09. The molecule has 0 aromatic heterocycles. The molecule has 19 heavy (non-hydrogen) atoms. The Balaban J connectivity index is 2.14. The van der Waals surface area contributed by atoms with E-state index in [1.807, 2.05) is 18.2 Å². The van der Waals surface area contributed by atoms with E-state index >= 15 is 0 Å². The number of carbonyl (C=O) groups excluding carboxylic acids is 2. The van der Waals surface area contributed by atoms with Gasteiger partial charge >= 0.3 is 5.97 Å². The number of nitrogens with one attached hydrogen (secondary N) is 1. The van der Waals surface area contributed by atoms with Crippen molar-refractivity contribution in [2.45, 2.75) is 6.92 Å². The zero-order valence-corrected chi connectivity index (χ0v) is 10.3. The van der Waals surface area contributed by atoms with Crippen molar-refractivity contribution < 1.29 is 19.2 Å². The fourth-order valence-corrected chi connectivity index (χ4v) is 1.43. The first-order valence-corrected chi connectivity index (χ1v) is 5.71. The summed E-state index contributed by atoms with van der Waals surface area (Å²) in [4.78, 5) is 27.8. The Kier molecular flexibility index (Phi) is 3.92. The molecule has 0 fully saturated rings. The maximum Gasteiger partial charge on any atom is 0.334 e. The van der Waals surface area contributed by atoms with Gasteiger partial charge in [-0.2, -0.15) is 0 Å². The van der Waals surface area contributed by atoms with Crippen molar-refractivity contribution in [3.8, 4) is 0 Å². The monoisotopic (exact) mass is 260 g/mol.